The quantitative estimate of drug-likeness (QED) is 0.891. The van der Waals surface area contributed by atoms with Crippen molar-refractivity contribution in [2.24, 2.45) is 5.92 Å². The molecule has 1 aromatic carbocycles. The fourth-order valence-electron chi connectivity index (χ4n) is 1.93. The van der Waals surface area contributed by atoms with Gasteiger partial charge in [-0.25, -0.2) is 4.79 Å². The Labute approximate surface area is 115 Å². The zero-order chi connectivity index (χ0) is 14.0. The highest BCUT2D eigenvalue weighted by Gasteiger charge is 2.26. The Morgan fingerprint density at radius 2 is 2.11 bits per heavy atom. The molecule has 1 aliphatic rings. The van der Waals surface area contributed by atoms with E-state index in [9.17, 15) is 9.59 Å². The summed E-state index contributed by atoms with van der Waals surface area (Å²) < 4.78 is 5.00. The van der Waals surface area contributed by atoms with Gasteiger partial charge in [-0.1, -0.05) is 18.0 Å². The molecule has 0 unspecified atom stereocenters. The minimum atomic E-state index is -1.13. The van der Waals surface area contributed by atoms with Crippen LogP contribution in [0.25, 0.3) is 0 Å². The maximum absolute atomic E-state index is 11.8. The predicted octanol–water partition coefficient (Wildman–Crippen LogP) is 2.79. The number of methoxy groups -OCH3 is 1. The van der Waals surface area contributed by atoms with Crippen molar-refractivity contribution in [3.05, 3.63) is 22.7 Å². The Bertz CT molecular complexity index is 526. The topological polar surface area (TPSA) is 75.6 Å². The number of benzene rings is 1. The molecule has 1 fully saturated rings. The van der Waals surface area contributed by atoms with E-state index in [4.69, 9.17) is 21.4 Å². The number of ether oxygens (including phenoxy) is 1. The molecule has 0 bridgehead atoms. The van der Waals surface area contributed by atoms with Crippen molar-refractivity contribution >= 4 is 29.2 Å². The van der Waals surface area contributed by atoms with Crippen molar-refractivity contribution in [2.45, 2.75) is 19.3 Å². The number of carbonyl (C=O) groups is 2. The van der Waals surface area contributed by atoms with Crippen molar-refractivity contribution in [2.75, 3.05) is 12.4 Å². The second kappa shape index (κ2) is 5.48. The summed E-state index contributed by atoms with van der Waals surface area (Å²) in [5.41, 5.74) is 0.342. The summed E-state index contributed by atoms with van der Waals surface area (Å²) >= 11 is 6.07. The van der Waals surface area contributed by atoms with E-state index < -0.39 is 5.97 Å². The lowest BCUT2D eigenvalue weighted by Gasteiger charge is -2.24. The summed E-state index contributed by atoms with van der Waals surface area (Å²) in [6, 6.07) is 2.84. The summed E-state index contributed by atoms with van der Waals surface area (Å²) in [4.78, 5) is 22.8. The summed E-state index contributed by atoms with van der Waals surface area (Å²) in [7, 11) is 1.34. The molecule has 0 heterocycles. The highest BCUT2D eigenvalue weighted by atomic mass is 35.5. The molecule has 0 aromatic heterocycles. The zero-order valence-corrected chi connectivity index (χ0v) is 11.2. The molecule has 19 heavy (non-hydrogen) atoms. The van der Waals surface area contributed by atoms with Crippen molar-refractivity contribution in [3.8, 4) is 5.75 Å². The van der Waals surface area contributed by atoms with Gasteiger partial charge in [0.15, 0.2) is 5.75 Å². The van der Waals surface area contributed by atoms with Crippen molar-refractivity contribution in [1.29, 1.82) is 0 Å². The lowest BCUT2D eigenvalue weighted by atomic mass is 9.85. The second-order valence-corrected chi connectivity index (χ2v) is 4.81. The van der Waals surface area contributed by atoms with E-state index in [2.05, 4.69) is 5.32 Å². The van der Waals surface area contributed by atoms with Crippen LogP contribution in [-0.2, 0) is 4.79 Å². The number of hydrogen-bond acceptors (Lipinski definition) is 3. The number of halogens is 1. The van der Waals surface area contributed by atoms with Crippen LogP contribution >= 0.6 is 11.6 Å². The van der Waals surface area contributed by atoms with E-state index in [-0.39, 0.29) is 28.2 Å². The van der Waals surface area contributed by atoms with Crippen LogP contribution in [0.4, 0.5) is 5.69 Å². The number of carboxylic acids is 1. The number of amides is 1. The van der Waals surface area contributed by atoms with Crippen LogP contribution in [0.2, 0.25) is 5.02 Å². The summed E-state index contributed by atoms with van der Waals surface area (Å²) in [6.07, 6.45) is 2.83. The van der Waals surface area contributed by atoms with Crippen molar-refractivity contribution < 1.29 is 19.4 Å². The first kappa shape index (κ1) is 13.7. The van der Waals surface area contributed by atoms with E-state index in [1.807, 2.05) is 0 Å². The molecule has 2 N–H and O–H groups in total. The minimum Gasteiger partial charge on any atom is -0.494 e. The minimum absolute atomic E-state index is 0.0289. The third-order valence-corrected chi connectivity index (χ3v) is 3.64. The number of anilines is 1. The van der Waals surface area contributed by atoms with E-state index in [1.165, 1.54) is 19.2 Å². The molecule has 0 saturated heterocycles. The number of carbonyl (C=O) groups excluding carboxylic acids is 1. The average Bonchev–Trinajstić information content (AvgIpc) is 2.28. The molecule has 2 rings (SSSR count). The molecule has 1 aliphatic carbocycles. The fraction of sp³-hybridized carbons (Fsp3) is 0.385. The van der Waals surface area contributed by atoms with Gasteiger partial charge in [0.05, 0.1) is 12.8 Å². The molecule has 0 atom stereocenters. The zero-order valence-electron chi connectivity index (χ0n) is 10.4. The van der Waals surface area contributed by atoms with Crippen LogP contribution in [-0.4, -0.2) is 24.1 Å². The first-order chi connectivity index (χ1) is 9.04. The smallest absolute Gasteiger partial charge is 0.339 e. The number of nitrogens with one attached hydrogen (secondary N) is 1. The van der Waals surface area contributed by atoms with Gasteiger partial charge in [-0.3, -0.25) is 4.79 Å². The van der Waals surface area contributed by atoms with Gasteiger partial charge in [-0.05, 0) is 25.0 Å². The number of hydrogen-bond donors (Lipinski definition) is 2. The maximum Gasteiger partial charge on any atom is 0.339 e. The van der Waals surface area contributed by atoms with Gasteiger partial charge in [0.1, 0.15) is 10.6 Å². The van der Waals surface area contributed by atoms with Crippen LogP contribution in [0.5, 0.6) is 5.75 Å². The molecule has 1 saturated carbocycles. The molecular weight excluding hydrogens is 270 g/mol. The lowest BCUT2D eigenvalue weighted by molar-refractivity contribution is -0.122. The molecular formula is C13H14ClNO4. The van der Waals surface area contributed by atoms with Crippen LogP contribution in [0.3, 0.4) is 0 Å². The molecule has 0 spiro atoms. The van der Waals surface area contributed by atoms with Gasteiger partial charge in [0.25, 0.3) is 0 Å². The molecule has 0 aliphatic heterocycles. The van der Waals surface area contributed by atoms with Crippen molar-refractivity contribution in [1.82, 2.24) is 0 Å². The van der Waals surface area contributed by atoms with Gasteiger partial charge in [-0.15, -0.1) is 0 Å². The highest BCUT2D eigenvalue weighted by molar-refractivity contribution is 6.35. The molecule has 1 aromatic rings. The van der Waals surface area contributed by atoms with Crippen LogP contribution in [0.1, 0.15) is 29.6 Å². The molecule has 0 radical (unpaired) electrons. The maximum atomic E-state index is 11.8. The largest absolute Gasteiger partial charge is 0.494 e. The number of aromatic carboxylic acids is 1. The Balaban J connectivity index is 2.26. The van der Waals surface area contributed by atoms with E-state index >= 15 is 0 Å². The highest BCUT2D eigenvalue weighted by Crippen LogP contribution is 2.36. The van der Waals surface area contributed by atoms with Gasteiger partial charge < -0.3 is 15.2 Å². The SMILES string of the molecule is COc1c(C(=O)O)ccc(NC(=O)C2CCC2)c1Cl. The lowest BCUT2D eigenvalue weighted by Crippen LogP contribution is -2.28. The summed E-state index contributed by atoms with van der Waals surface area (Å²) in [5.74, 6) is -1.13. The third kappa shape index (κ3) is 2.66. The summed E-state index contributed by atoms with van der Waals surface area (Å²) in [6.45, 7) is 0. The van der Waals surface area contributed by atoms with Gasteiger partial charge >= 0.3 is 5.97 Å². The molecule has 102 valence electrons. The van der Waals surface area contributed by atoms with E-state index in [0.29, 0.717) is 5.69 Å². The molecule has 1 amide bonds. The Hall–Kier alpha value is -1.75. The second-order valence-electron chi connectivity index (χ2n) is 4.43. The van der Waals surface area contributed by atoms with Gasteiger partial charge in [0.2, 0.25) is 5.91 Å². The Kier molecular flexibility index (Phi) is 3.95. The Morgan fingerprint density at radius 1 is 1.42 bits per heavy atom. The predicted molar refractivity (Wildman–Crippen MR) is 70.9 cm³/mol. The normalized spacial score (nSPS) is 14.6. The van der Waals surface area contributed by atoms with E-state index in [1.54, 1.807) is 0 Å². The monoisotopic (exact) mass is 283 g/mol. The Morgan fingerprint density at radius 3 is 2.58 bits per heavy atom. The third-order valence-electron chi connectivity index (χ3n) is 3.27. The van der Waals surface area contributed by atoms with Crippen LogP contribution in [0.15, 0.2) is 12.1 Å². The first-order valence-corrected chi connectivity index (χ1v) is 6.33. The summed E-state index contributed by atoms with van der Waals surface area (Å²) in [5, 5.41) is 11.8. The van der Waals surface area contributed by atoms with Gasteiger partial charge in [0, 0.05) is 5.92 Å². The van der Waals surface area contributed by atoms with Crippen molar-refractivity contribution in [3.63, 3.8) is 0 Å². The number of rotatable bonds is 4. The van der Waals surface area contributed by atoms with E-state index in [0.717, 1.165) is 19.3 Å². The van der Waals surface area contributed by atoms with Gasteiger partial charge in [-0.2, -0.15) is 0 Å². The first-order valence-electron chi connectivity index (χ1n) is 5.95. The average molecular weight is 284 g/mol. The molecule has 5 nitrogen and oxygen atoms in total. The van der Waals surface area contributed by atoms with Crippen LogP contribution in [0, 0.1) is 5.92 Å². The number of carboxylic acid groups (broad SMARTS) is 1. The van der Waals surface area contributed by atoms with Crippen LogP contribution < -0.4 is 10.1 Å². The fourth-order valence-corrected chi connectivity index (χ4v) is 2.21. The molecule has 6 heteroatoms. The standard InChI is InChI=1S/C13H14ClNO4/c1-19-11-8(13(17)18)5-6-9(10(11)14)15-12(16)7-3-2-4-7/h5-7H,2-4H2,1H3,(H,15,16)(H,17,18).